The van der Waals surface area contributed by atoms with Crippen molar-refractivity contribution in [3.05, 3.63) is 54.7 Å². The number of carbonyl (C=O) groups is 1. The van der Waals surface area contributed by atoms with Crippen LogP contribution in [0.5, 0.6) is 0 Å². The minimum absolute atomic E-state index is 0.0145. The molecule has 1 atom stereocenters. The number of hydrogen-bond acceptors (Lipinski definition) is 6. The summed E-state index contributed by atoms with van der Waals surface area (Å²) in [7, 11) is 0. The van der Waals surface area contributed by atoms with Gasteiger partial charge in [0.1, 0.15) is 5.69 Å². The van der Waals surface area contributed by atoms with E-state index in [1.54, 1.807) is 18.6 Å². The largest absolute Gasteiger partial charge is 0.379 e. The number of piperidine rings is 1. The number of aromatic nitrogens is 3. The zero-order valence-corrected chi connectivity index (χ0v) is 17.6. The molecule has 0 unspecified atom stereocenters. The number of carbonyl (C=O) groups excluding carboxylic acids is 1. The van der Waals surface area contributed by atoms with Gasteiger partial charge in [-0.1, -0.05) is 0 Å². The van der Waals surface area contributed by atoms with Crippen molar-refractivity contribution in [2.45, 2.75) is 12.8 Å². The van der Waals surface area contributed by atoms with Crippen LogP contribution in [0.1, 0.15) is 23.3 Å². The lowest BCUT2D eigenvalue weighted by Gasteiger charge is -2.36. The molecule has 0 spiro atoms. The van der Waals surface area contributed by atoms with E-state index in [0.717, 1.165) is 74.4 Å². The summed E-state index contributed by atoms with van der Waals surface area (Å²) in [6.45, 7) is 6.20. The van der Waals surface area contributed by atoms with Crippen LogP contribution in [0, 0.1) is 5.92 Å². The predicted octanol–water partition coefficient (Wildman–Crippen LogP) is 2.88. The van der Waals surface area contributed by atoms with E-state index in [2.05, 4.69) is 14.9 Å². The molecule has 7 heteroatoms. The standard InChI is InChI=1S/C24H27N5O2/c30-24(29-9-1-2-18(17-29)16-28-10-12-31-13-11-28)23-14-20(19-3-6-25-7-4-19)21-15-26-8-5-22(21)27-23/h3-8,14-15,18H,1-2,9-13,16-17H2/t18-/m1/s1. The molecule has 7 nitrogen and oxygen atoms in total. The first kappa shape index (κ1) is 20.0. The fourth-order valence-electron chi connectivity index (χ4n) is 4.66. The van der Waals surface area contributed by atoms with Gasteiger partial charge in [-0.2, -0.15) is 0 Å². The maximum Gasteiger partial charge on any atom is 0.272 e. The molecule has 5 heterocycles. The first-order valence-electron chi connectivity index (χ1n) is 11.0. The van der Waals surface area contributed by atoms with E-state index < -0.39 is 0 Å². The van der Waals surface area contributed by atoms with Crippen LogP contribution < -0.4 is 0 Å². The minimum atomic E-state index is 0.0145. The second-order valence-electron chi connectivity index (χ2n) is 8.36. The first-order valence-corrected chi connectivity index (χ1v) is 11.0. The monoisotopic (exact) mass is 417 g/mol. The number of morpholine rings is 1. The third-order valence-corrected chi connectivity index (χ3v) is 6.25. The number of amides is 1. The molecule has 2 fully saturated rings. The summed E-state index contributed by atoms with van der Waals surface area (Å²) in [5.74, 6) is 0.515. The SMILES string of the molecule is O=C(c1cc(-c2ccncc2)c2cnccc2n1)N1CCC[C@H](CN2CCOCC2)C1. The van der Waals surface area contributed by atoms with Gasteiger partial charge >= 0.3 is 0 Å². The third kappa shape index (κ3) is 4.43. The maximum atomic E-state index is 13.5. The van der Waals surface area contributed by atoms with E-state index in [1.165, 1.54) is 6.42 Å². The summed E-state index contributed by atoms with van der Waals surface area (Å²) in [5, 5.41) is 0.939. The van der Waals surface area contributed by atoms with Gasteiger partial charge in [-0.05, 0) is 54.2 Å². The van der Waals surface area contributed by atoms with Gasteiger partial charge in [-0.3, -0.25) is 19.7 Å². The molecule has 0 radical (unpaired) electrons. The van der Waals surface area contributed by atoms with Gasteiger partial charge in [0.2, 0.25) is 0 Å². The van der Waals surface area contributed by atoms with Crippen molar-refractivity contribution in [3.63, 3.8) is 0 Å². The van der Waals surface area contributed by atoms with Crippen molar-refractivity contribution in [1.29, 1.82) is 0 Å². The van der Waals surface area contributed by atoms with Crippen LogP contribution in [0.2, 0.25) is 0 Å². The molecule has 2 aliphatic rings. The zero-order chi connectivity index (χ0) is 21.0. The molecule has 0 aliphatic carbocycles. The summed E-state index contributed by atoms with van der Waals surface area (Å²) in [5.41, 5.74) is 3.26. The van der Waals surface area contributed by atoms with Gasteiger partial charge in [0.05, 0.1) is 18.7 Å². The van der Waals surface area contributed by atoms with E-state index in [9.17, 15) is 4.79 Å². The molecule has 160 valence electrons. The van der Waals surface area contributed by atoms with Crippen LogP contribution in [-0.4, -0.2) is 76.6 Å². The summed E-state index contributed by atoms with van der Waals surface area (Å²) in [4.78, 5) is 31.0. The van der Waals surface area contributed by atoms with Crippen LogP contribution in [0.15, 0.2) is 49.1 Å². The molecule has 0 bridgehead atoms. The van der Waals surface area contributed by atoms with Gasteiger partial charge < -0.3 is 9.64 Å². The van der Waals surface area contributed by atoms with Crippen molar-refractivity contribution < 1.29 is 9.53 Å². The highest BCUT2D eigenvalue weighted by Crippen LogP contribution is 2.29. The number of hydrogen-bond donors (Lipinski definition) is 0. The Labute approximate surface area is 182 Å². The smallest absolute Gasteiger partial charge is 0.272 e. The predicted molar refractivity (Wildman–Crippen MR) is 119 cm³/mol. The maximum absolute atomic E-state index is 13.5. The highest BCUT2D eigenvalue weighted by Gasteiger charge is 2.27. The second kappa shape index (κ2) is 9.08. The lowest BCUT2D eigenvalue weighted by molar-refractivity contribution is 0.0223. The summed E-state index contributed by atoms with van der Waals surface area (Å²) < 4.78 is 5.47. The molecule has 3 aromatic rings. The van der Waals surface area contributed by atoms with Gasteiger partial charge in [0.25, 0.3) is 5.91 Å². The molecule has 0 aromatic carbocycles. The highest BCUT2D eigenvalue weighted by molar-refractivity contribution is 6.01. The lowest BCUT2D eigenvalue weighted by Crippen LogP contribution is -2.46. The fourth-order valence-corrected chi connectivity index (χ4v) is 4.66. The van der Waals surface area contributed by atoms with Crippen molar-refractivity contribution in [3.8, 4) is 11.1 Å². The molecule has 3 aromatic heterocycles. The zero-order valence-electron chi connectivity index (χ0n) is 17.6. The number of nitrogens with zero attached hydrogens (tertiary/aromatic N) is 5. The van der Waals surface area contributed by atoms with Crippen LogP contribution in [0.25, 0.3) is 22.0 Å². The van der Waals surface area contributed by atoms with Crippen LogP contribution in [-0.2, 0) is 4.74 Å². The van der Waals surface area contributed by atoms with Crippen molar-refractivity contribution in [2.24, 2.45) is 5.92 Å². The van der Waals surface area contributed by atoms with Crippen LogP contribution in [0.3, 0.4) is 0 Å². The lowest BCUT2D eigenvalue weighted by atomic mass is 9.96. The Morgan fingerprint density at radius 1 is 1.06 bits per heavy atom. The first-order chi connectivity index (χ1) is 15.3. The molecular weight excluding hydrogens is 390 g/mol. The molecular formula is C24H27N5O2. The number of fused-ring (bicyclic) bond motifs is 1. The molecule has 1 amide bonds. The summed E-state index contributed by atoms with van der Waals surface area (Å²) >= 11 is 0. The van der Waals surface area contributed by atoms with Gasteiger partial charge in [0, 0.05) is 62.9 Å². The number of ether oxygens (including phenoxy) is 1. The number of rotatable bonds is 4. The fraction of sp³-hybridized carbons (Fsp3) is 0.417. The molecule has 0 N–H and O–H groups in total. The van der Waals surface area contributed by atoms with Crippen molar-refractivity contribution >= 4 is 16.8 Å². The Balaban J connectivity index is 1.40. The molecule has 31 heavy (non-hydrogen) atoms. The Morgan fingerprint density at radius 3 is 2.71 bits per heavy atom. The van der Waals surface area contributed by atoms with E-state index in [1.807, 2.05) is 35.4 Å². The summed E-state index contributed by atoms with van der Waals surface area (Å²) in [6, 6.07) is 7.69. The van der Waals surface area contributed by atoms with Crippen LogP contribution in [0.4, 0.5) is 0 Å². The van der Waals surface area contributed by atoms with E-state index in [4.69, 9.17) is 9.72 Å². The quantitative estimate of drug-likeness (QED) is 0.650. The number of pyridine rings is 3. The molecule has 0 saturated carbocycles. The normalized spacial score (nSPS) is 20.1. The van der Waals surface area contributed by atoms with Crippen molar-refractivity contribution in [1.82, 2.24) is 24.8 Å². The average Bonchev–Trinajstić information content (AvgIpc) is 2.84. The molecule has 2 saturated heterocycles. The number of likely N-dealkylation sites (tertiary alicyclic amines) is 1. The van der Waals surface area contributed by atoms with Gasteiger partial charge in [-0.25, -0.2) is 4.98 Å². The molecule has 2 aliphatic heterocycles. The second-order valence-corrected chi connectivity index (χ2v) is 8.36. The third-order valence-electron chi connectivity index (χ3n) is 6.25. The Bertz CT molecular complexity index is 1050. The van der Waals surface area contributed by atoms with Crippen LogP contribution >= 0.6 is 0 Å². The van der Waals surface area contributed by atoms with Crippen molar-refractivity contribution in [2.75, 3.05) is 45.9 Å². The molecule has 5 rings (SSSR count). The highest BCUT2D eigenvalue weighted by atomic mass is 16.5. The van der Waals surface area contributed by atoms with Gasteiger partial charge in [0.15, 0.2) is 0 Å². The Hall–Kier alpha value is -2.90. The van der Waals surface area contributed by atoms with E-state index in [-0.39, 0.29) is 5.91 Å². The Kier molecular flexibility index (Phi) is 5.86. The average molecular weight is 418 g/mol. The topological polar surface area (TPSA) is 71.5 Å². The Morgan fingerprint density at radius 2 is 1.87 bits per heavy atom. The minimum Gasteiger partial charge on any atom is -0.379 e. The summed E-state index contributed by atoms with van der Waals surface area (Å²) in [6.07, 6.45) is 9.27. The van der Waals surface area contributed by atoms with Gasteiger partial charge in [-0.15, -0.1) is 0 Å². The van der Waals surface area contributed by atoms with E-state index >= 15 is 0 Å². The van der Waals surface area contributed by atoms with E-state index in [0.29, 0.717) is 11.6 Å².